The van der Waals surface area contributed by atoms with Crippen molar-refractivity contribution < 1.29 is 0 Å². The Kier molecular flexibility index (Phi) is 2.92. The number of nitrogens with one attached hydrogen (secondary N) is 1. The molecule has 1 N–H and O–H groups in total. The number of rotatable bonds is 1. The predicted octanol–water partition coefficient (Wildman–Crippen LogP) is 3.53. The van der Waals surface area contributed by atoms with Gasteiger partial charge in [0, 0.05) is 15.5 Å². The molecule has 0 saturated carbocycles. The molecule has 0 aliphatic carbocycles. The van der Waals surface area contributed by atoms with Crippen LogP contribution in [0.3, 0.4) is 0 Å². The molecule has 13 heavy (non-hydrogen) atoms. The second-order valence-corrected chi connectivity index (χ2v) is 4.64. The van der Waals surface area contributed by atoms with E-state index >= 15 is 0 Å². The van der Waals surface area contributed by atoms with Crippen molar-refractivity contribution in [3.8, 4) is 0 Å². The molecule has 3 heteroatoms. The topological polar surface area (TPSA) is 12.0 Å². The molecular formula is C10H11BrClN. The van der Waals surface area contributed by atoms with Crippen molar-refractivity contribution in [2.75, 3.05) is 6.54 Å². The molecule has 0 spiro atoms. The first-order valence-electron chi connectivity index (χ1n) is 4.46. The van der Waals surface area contributed by atoms with Crippen LogP contribution in [-0.2, 0) is 0 Å². The monoisotopic (exact) mass is 259 g/mol. The van der Waals surface area contributed by atoms with E-state index in [0.717, 1.165) is 16.0 Å². The van der Waals surface area contributed by atoms with Crippen LogP contribution in [0.15, 0.2) is 22.7 Å². The molecule has 0 aromatic heterocycles. The fourth-order valence-corrected chi connectivity index (χ4v) is 2.54. The zero-order valence-corrected chi connectivity index (χ0v) is 9.53. The first-order chi connectivity index (χ1) is 6.27. The van der Waals surface area contributed by atoms with Gasteiger partial charge in [-0.3, -0.25) is 0 Å². The van der Waals surface area contributed by atoms with Gasteiger partial charge in [0.2, 0.25) is 0 Å². The van der Waals surface area contributed by atoms with E-state index in [0.29, 0.717) is 6.04 Å². The summed E-state index contributed by atoms with van der Waals surface area (Å²) in [7, 11) is 0. The second kappa shape index (κ2) is 3.99. The van der Waals surface area contributed by atoms with Crippen molar-refractivity contribution >= 4 is 27.5 Å². The summed E-state index contributed by atoms with van der Waals surface area (Å²) in [6, 6.07) is 6.55. The summed E-state index contributed by atoms with van der Waals surface area (Å²) in [4.78, 5) is 0. The molecule has 1 atom stereocenters. The molecule has 1 aromatic rings. The summed E-state index contributed by atoms with van der Waals surface area (Å²) < 4.78 is 1.04. The largest absolute Gasteiger partial charge is 0.310 e. The maximum Gasteiger partial charge on any atom is 0.0465 e. The molecule has 1 fully saturated rings. The fraction of sp³-hybridized carbons (Fsp3) is 0.400. The maximum atomic E-state index is 6.14. The molecule has 1 aliphatic rings. The number of benzene rings is 1. The van der Waals surface area contributed by atoms with Gasteiger partial charge in [-0.15, -0.1) is 0 Å². The second-order valence-electron chi connectivity index (χ2n) is 3.31. The van der Waals surface area contributed by atoms with Crippen molar-refractivity contribution in [1.82, 2.24) is 5.32 Å². The van der Waals surface area contributed by atoms with E-state index in [1.165, 1.54) is 18.4 Å². The smallest absolute Gasteiger partial charge is 0.0465 e. The van der Waals surface area contributed by atoms with Gasteiger partial charge in [-0.05, 0) is 37.1 Å². The first-order valence-corrected chi connectivity index (χ1v) is 5.63. The standard InChI is InChI=1S/C10H11BrClN/c11-7-3-4-8(9(12)6-7)10-2-1-5-13-10/h3-4,6,10,13H,1-2,5H2/t10-/m0/s1. The minimum Gasteiger partial charge on any atom is -0.310 e. The predicted molar refractivity (Wildman–Crippen MR) is 59.1 cm³/mol. The lowest BCUT2D eigenvalue weighted by atomic mass is 10.1. The molecule has 0 amide bonds. The quantitative estimate of drug-likeness (QED) is 0.814. The van der Waals surface area contributed by atoms with Crippen LogP contribution in [0.1, 0.15) is 24.4 Å². The average molecular weight is 261 g/mol. The van der Waals surface area contributed by atoms with E-state index in [1.807, 2.05) is 12.1 Å². The van der Waals surface area contributed by atoms with Gasteiger partial charge < -0.3 is 5.32 Å². The zero-order chi connectivity index (χ0) is 9.26. The maximum absolute atomic E-state index is 6.14. The molecule has 1 nitrogen and oxygen atoms in total. The molecule has 2 rings (SSSR count). The van der Waals surface area contributed by atoms with Crippen LogP contribution in [0.2, 0.25) is 5.02 Å². The number of halogens is 2. The van der Waals surface area contributed by atoms with E-state index in [9.17, 15) is 0 Å². The van der Waals surface area contributed by atoms with Crippen LogP contribution in [0.25, 0.3) is 0 Å². The van der Waals surface area contributed by atoms with Crippen molar-refractivity contribution in [3.63, 3.8) is 0 Å². The summed E-state index contributed by atoms with van der Waals surface area (Å²) >= 11 is 9.54. The van der Waals surface area contributed by atoms with Gasteiger partial charge in [0.05, 0.1) is 0 Å². The fourth-order valence-electron chi connectivity index (χ4n) is 1.73. The van der Waals surface area contributed by atoms with Crippen molar-refractivity contribution in [2.24, 2.45) is 0 Å². The highest BCUT2D eigenvalue weighted by Crippen LogP contribution is 2.30. The van der Waals surface area contributed by atoms with Crippen LogP contribution in [0.4, 0.5) is 0 Å². The first kappa shape index (κ1) is 9.50. The number of hydrogen-bond donors (Lipinski definition) is 1. The minimum atomic E-state index is 0.459. The third-order valence-corrected chi connectivity index (χ3v) is 3.22. The molecular weight excluding hydrogens is 249 g/mol. The van der Waals surface area contributed by atoms with Crippen LogP contribution in [-0.4, -0.2) is 6.54 Å². The van der Waals surface area contributed by atoms with Gasteiger partial charge >= 0.3 is 0 Å². The molecule has 1 heterocycles. The Bertz CT molecular complexity index is 308. The molecule has 70 valence electrons. The SMILES string of the molecule is Clc1cc(Br)ccc1[C@@H]1CCCN1. The molecule has 1 aromatic carbocycles. The highest BCUT2D eigenvalue weighted by molar-refractivity contribution is 9.10. The third-order valence-electron chi connectivity index (χ3n) is 2.40. The normalized spacial score (nSPS) is 22.2. The highest BCUT2D eigenvalue weighted by Gasteiger charge is 2.18. The van der Waals surface area contributed by atoms with E-state index < -0.39 is 0 Å². The summed E-state index contributed by atoms with van der Waals surface area (Å²) in [6.45, 7) is 1.11. The molecule has 1 saturated heterocycles. The van der Waals surface area contributed by atoms with E-state index in [-0.39, 0.29) is 0 Å². The van der Waals surface area contributed by atoms with Crippen LogP contribution in [0.5, 0.6) is 0 Å². The summed E-state index contributed by atoms with van der Waals surface area (Å²) in [5.41, 5.74) is 1.22. The summed E-state index contributed by atoms with van der Waals surface area (Å²) in [5, 5.41) is 4.29. The van der Waals surface area contributed by atoms with Crippen LogP contribution < -0.4 is 5.32 Å². The lowest BCUT2D eigenvalue weighted by molar-refractivity contribution is 0.648. The van der Waals surface area contributed by atoms with Crippen molar-refractivity contribution in [3.05, 3.63) is 33.3 Å². The molecule has 0 radical (unpaired) electrons. The Morgan fingerprint density at radius 2 is 2.31 bits per heavy atom. The lowest BCUT2D eigenvalue weighted by Crippen LogP contribution is -2.13. The summed E-state index contributed by atoms with van der Waals surface area (Å²) in [5.74, 6) is 0. The Morgan fingerprint density at radius 1 is 1.46 bits per heavy atom. The van der Waals surface area contributed by atoms with Crippen molar-refractivity contribution in [2.45, 2.75) is 18.9 Å². The van der Waals surface area contributed by atoms with Crippen LogP contribution in [0, 0.1) is 0 Å². The highest BCUT2D eigenvalue weighted by atomic mass is 79.9. The van der Waals surface area contributed by atoms with Gasteiger partial charge in [0.1, 0.15) is 0 Å². The van der Waals surface area contributed by atoms with Gasteiger partial charge in [-0.1, -0.05) is 33.6 Å². The molecule has 0 unspecified atom stereocenters. The van der Waals surface area contributed by atoms with Gasteiger partial charge in [-0.2, -0.15) is 0 Å². The van der Waals surface area contributed by atoms with Gasteiger partial charge in [0.25, 0.3) is 0 Å². The Labute approximate surface area is 91.6 Å². The zero-order valence-electron chi connectivity index (χ0n) is 7.19. The summed E-state index contributed by atoms with van der Waals surface area (Å²) in [6.07, 6.45) is 2.44. The average Bonchev–Trinajstić information content (AvgIpc) is 2.56. The van der Waals surface area contributed by atoms with Crippen molar-refractivity contribution in [1.29, 1.82) is 0 Å². The third kappa shape index (κ3) is 2.06. The van der Waals surface area contributed by atoms with Gasteiger partial charge in [-0.25, -0.2) is 0 Å². The Hall–Kier alpha value is -0.0500. The molecule has 1 aliphatic heterocycles. The number of hydrogen-bond acceptors (Lipinski definition) is 1. The van der Waals surface area contributed by atoms with E-state index in [4.69, 9.17) is 11.6 Å². The minimum absolute atomic E-state index is 0.459. The Morgan fingerprint density at radius 3 is 2.92 bits per heavy atom. The lowest BCUT2D eigenvalue weighted by Gasteiger charge is -2.12. The Balaban J connectivity index is 2.29. The molecule has 0 bridgehead atoms. The van der Waals surface area contributed by atoms with E-state index in [2.05, 4.69) is 27.3 Å². The van der Waals surface area contributed by atoms with E-state index in [1.54, 1.807) is 0 Å². The van der Waals surface area contributed by atoms with Crippen LogP contribution >= 0.6 is 27.5 Å². The van der Waals surface area contributed by atoms with Gasteiger partial charge in [0.15, 0.2) is 0 Å².